The van der Waals surface area contributed by atoms with Crippen LogP contribution in [0.3, 0.4) is 0 Å². The molecule has 0 bridgehead atoms. The second-order valence-corrected chi connectivity index (χ2v) is 3.16. The molecule has 17 heavy (non-hydrogen) atoms. The van der Waals surface area contributed by atoms with Crippen LogP contribution in [0.25, 0.3) is 0 Å². The van der Waals surface area contributed by atoms with Crippen molar-refractivity contribution in [3.8, 4) is 11.5 Å². The van der Waals surface area contributed by atoms with Crippen molar-refractivity contribution in [3.05, 3.63) is 27.8 Å². The molecule has 0 amide bonds. The highest BCUT2D eigenvalue weighted by Crippen LogP contribution is 2.37. The number of carboxylic acids is 1. The minimum Gasteiger partial charge on any atom is -0.504 e. The number of aromatic hydroxyl groups is 1. The molecule has 0 fully saturated rings. The summed E-state index contributed by atoms with van der Waals surface area (Å²) < 4.78 is 4.70. The van der Waals surface area contributed by atoms with E-state index in [4.69, 9.17) is 15.6 Å². The van der Waals surface area contributed by atoms with Gasteiger partial charge in [-0.3, -0.25) is 14.9 Å². The van der Waals surface area contributed by atoms with Crippen LogP contribution in [0.4, 0.5) is 5.69 Å². The molecular weight excluding hydrogens is 232 g/mol. The average molecular weight is 242 g/mol. The third kappa shape index (κ3) is 2.42. The number of phenols is 1. The number of ether oxygens (including phenoxy) is 1. The Morgan fingerprint density at radius 2 is 2.18 bits per heavy atom. The van der Waals surface area contributed by atoms with Crippen LogP contribution in [0.15, 0.2) is 12.1 Å². The molecule has 0 saturated carbocycles. The van der Waals surface area contributed by atoms with Crippen LogP contribution in [0.2, 0.25) is 0 Å². The zero-order valence-electron chi connectivity index (χ0n) is 8.78. The highest BCUT2D eigenvalue weighted by atomic mass is 16.6. The van der Waals surface area contributed by atoms with Crippen molar-refractivity contribution in [2.24, 2.45) is 5.73 Å². The number of nitrogens with two attached hydrogens (primary N) is 1. The number of non-ortho nitro benzene ring substituents is 1. The Kier molecular flexibility index (Phi) is 3.49. The number of carbonyl (C=O) groups is 1. The summed E-state index contributed by atoms with van der Waals surface area (Å²) in [6.07, 6.45) is 0. The molecule has 0 saturated heterocycles. The number of phenolic OH excluding ortho intramolecular Hbond substituents is 1. The zero-order valence-corrected chi connectivity index (χ0v) is 8.78. The monoisotopic (exact) mass is 242 g/mol. The number of nitro benzene ring substituents is 1. The van der Waals surface area contributed by atoms with E-state index in [1.54, 1.807) is 0 Å². The summed E-state index contributed by atoms with van der Waals surface area (Å²) in [5.74, 6) is -2.14. The molecule has 0 aliphatic heterocycles. The Bertz CT molecular complexity index is 473. The fraction of sp³-hybridized carbons (Fsp3) is 0.222. The first-order chi connectivity index (χ1) is 7.88. The SMILES string of the molecule is COc1cc([N+](=O)[O-])cc(C(N)C(=O)O)c1O. The lowest BCUT2D eigenvalue weighted by molar-refractivity contribution is -0.385. The van der Waals surface area contributed by atoms with Crippen molar-refractivity contribution < 1.29 is 24.7 Å². The molecule has 1 aromatic carbocycles. The van der Waals surface area contributed by atoms with Crippen LogP contribution < -0.4 is 10.5 Å². The van der Waals surface area contributed by atoms with Crippen molar-refractivity contribution in [1.82, 2.24) is 0 Å². The molecule has 4 N–H and O–H groups in total. The van der Waals surface area contributed by atoms with Gasteiger partial charge in [0.2, 0.25) is 0 Å². The van der Waals surface area contributed by atoms with Crippen LogP contribution >= 0.6 is 0 Å². The number of methoxy groups -OCH3 is 1. The highest BCUT2D eigenvalue weighted by molar-refractivity contribution is 5.77. The van der Waals surface area contributed by atoms with E-state index in [2.05, 4.69) is 0 Å². The number of benzene rings is 1. The van der Waals surface area contributed by atoms with Crippen LogP contribution in [0.1, 0.15) is 11.6 Å². The second kappa shape index (κ2) is 4.66. The Morgan fingerprint density at radius 3 is 2.59 bits per heavy atom. The normalized spacial score (nSPS) is 11.9. The van der Waals surface area contributed by atoms with Gasteiger partial charge >= 0.3 is 5.97 Å². The highest BCUT2D eigenvalue weighted by Gasteiger charge is 2.24. The Hall–Kier alpha value is -2.35. The van der Waals surface area contributed by atoms with E-state index in [0.29, 0.717) is 0 Å². The fourth-order valence-electron chi connectivity index (χ4n) is 1.25. The predicted octanol–water partition coefficient (Wildman–Crippen LogP) is 0.393. The van der Waals surface area contributed by atoms with Gasteiger partial charge in [-0.15, -0.1) is 0 Å². The summed E-state index contributed by atoms with van der Waals surface area (Å²) >= 11 is 0. The number of nitro groups is 1. The molecule has 1 rings (SSSR count). The van der Waals surface area contributed by atoms with E-state index >= 15 is 0 Å². The lowest BCUT2D eigenvalue weighted by Gasteiger charge is -2.11. The number of nitrogens with zero attached hydrogens (tertiary/aromatic N) is 1. The number of aliphatic carboxylic acids is 1. The summed E-state index contributed by atoms with van der Waals surface area (Å²) in [7, 11) is 1.19. The van der Waals surface area contributed by atoms with Gasteiger partial charge in [-0.2, -0.15) is 0 Å². The van der Waals surface area contributed by atoms with Crippen LogP contribution in [-0.4, -0.2) is 28.2 Å². The van der Waals surface area contributed by atoms with Crippen molar-refractivity contribution in [2.75, 3.05) is 7.11 Å². The molecule has 1 atom stereocenters. The van der Waals surface area contributed by atoms with Gasteiger partial charge in [0.15, 0.2) is 11.5 Å². The maximum absolute atomic E-state index is 10.7. The summed E-state index contributed by atoms with van der Waals surface area (Å²) in [4.78, 5) is 20.6. The quantitative estimate of drug-likeness (QED) is 0.513. The lowest BCUT2D eigenvalue weighted by atomic mass is 10.1. The number of carboxylic acid groups (broad SMARTS) is 1. The Labute approximate surface area is 95.4 Å². The Morgan fingerprint density at radius 1 is 1.59 bits per heavy atom. The maximum Gasteiger partial charge on any atom is 0.325 e. The molecule has 0 spiro atoms. The van der Waals surface area contributed by atoms with Crippen LogP contribution in [0.5, 0.6) is 11.5 Å². The van der Waals surface area contributed by atoms with Gasteiger partial charge in [0.25, 0.3) is 5.69 Å². The third-order valence-corrected chi connectivity index (χ3v) is 2.12. The van der Waals surface area contributed by atoms with Gasteiger partial charge in [-0.05, 0) is 0 Å². The van der Waals surface area contributed by atoms with E-state index in [1.165, 1.54) is 7.11 Å². The number of rotatable bonds is 4. The summed E-state index contributed by atoms with van der Waals surface area (Å²) in [5.41, 5.74) is 4.61. The van der Waals surface area contributed by atoms with Gasteiger partial charge in [0.1, 0.15) is 6.04 Å². The molecular formula is C9H10N2O6. The minimum atomic E-state index is -1.57. The van der Waals surface area contributed by atoms with E-state index in [9.17, 15) is 20.0 Å². The molecule has 0 radical (unpaired) electrons. The van der Waals surface area contributed by atoms with Crippen molar-refractivity contribution >= 4 is 11.7 Å². The molecule has 1 unspecified atom stereocenters. The number of hydrogen-bond acceptors (Lipinski definition) is 6. The number of hydrogen-bond donors (Lipinski definition) is 3. The first-order valence-corrected chi connectivity index (χ1v) is 4.42. The van der Waals surface area contributed by atoms with E-state index in [0.717, 1.165) is 12.1 Å². The predicted molar refractivity (Wildman–Crippen MR) is 55.9 cm³/mol. The molecule has 8 nitrogen and oxygen atoms in total. The smallest absolute Gasteiger partial charge is 0.325 e. The van der Waals surface area contributed by atoms with E-state index in [-0.39, 0.29) is 11.3 Å². The first kappa shape index (κ1) is 12.7. The van der Waals surface area contributed by atoms with Crippen LogP contribution in [0, 0.1) is 10.1 Å². The average Bonchev–Trinajstić information content (AvgIpc) is 2.27. The van der Waals surface area contributed by atoms with Gasteiger partial charge in [0, 0.05) is 11.6 Å². The maximum atomic E-state index is 10.7. The Balaban J connectivity index is 3.42. The summed E-state index contributed by atoms with van der Waals surface area (Å²) in [5, 5.41) is 28.9. The molecule has 92 valence electrons. The van der Waals surface area contributed by atoms with Crippen molar-refractivity contribution in [3.63, 3.8) is 0 Å². The molecule has 8 heteroatoms. The molecule has 0 aliphatic carbocycles. The summed E-state index contributed by atoms with van der Waals surface area (Å²) in [6.45, 7) is 0. The molecule has 1 aromatic rings. The third-order valence-electron chi connectivity index (χ3n) is 2.12. The van der Waals surface area contributed by atoms with Gasteiger partial charge in [0.05, 0.1) is 18.1 Å². The zero-order chi connectivity index (χ0) is 13.2. The van der Waals surface area contributed by atoms with E-state index in [1.807, 2.05) is 0 Å². The van der Waals surface area contributed by atoms with E-state index < -0.39 is 28.4 Å². The van der Waals surface area contributed by atoms with Gasteiger partial charge < -0.3 is 20.7 Å². The summed E-state index contributed by atoms with van der Waals surface area (Å²) in [6, 6.07) is 0.313. The molecule has 0 aromatic heterocycles. The van der Waals surface area contributed by atoms with Gasteiger partial charge in [-0.1, -0.05) is 0 Å². The second-order valence-electron chi connectivity index (χ2n) is 3.16. The molecule has 0 heterocycles. The van der Waals surface area contributed by atoms with Crippen molar-refractivity contribution in [1.29, 1.82) is 0 Å². The molecule has 0 aliphatic rings. The lowest BCUT2D eigenvalue weighted by Crippen LogP contribution is -2.21. The van der Waals surface area contributed by atoms with Gasteiger partial charge in [-0.25, -0.2) is 0 Å². The topological polar surface area (TPSA) is 136 Å². The standard InChI is InChI=1S/C9H10N2O6/c1-17-6-3-4(11(15)16)2-5(8(6)12)7(10)9(13)14/h2-3,7,12H,10H2,1H3,(H,13,14). The minimum absolute atomic E-state index is 0.203. The van der Waals surface area contributed by atoms with Crippen LogP contribution in [-0.2, 0) is 4.79 Å². The first-order valence-electron chi connectivity index (χ1n) is 4.42. The fourth-order valence-corrected chi connectivity index (χ4v) is 1.25. The largest absolute Gasteiger partial charge is 0.504 e. The van der Waals surface area contributed by atoms with Crippen molar-refractivity contribution in [2.45, 2.75) is 6.04 Å².